The Kier molecular flexibility index (Phi) is 3.54. The van der Waals surface area contributed by atoms with E-state index in [0.29, 0.717) is 18.0 Å². The van der Waals surface area contributed by atoms with Crippen LogP contribution in [0.5, 0.6) is 0 Å². The molecule has 0 aliphatic carbocycles. The third-order valence-corrected chi connectivity index (χ3v) is 6.11. The number of amidine groups is 1. The molecule has 0 saturated carbocycles. The van der Waals surface area contributed by atoms with Crippen molar-refractivity contribution < 1.29 is 13.3 Å². The first-order valence-electron chi connectivity index (χ1n) is 7.68. The number of sulfonamides is 1. The topological polar surface area (TPSA) is 71.0 Å². The Morgan fingerprint density at radius 2 is 1.96 bits per heavy atom. The predicted octanol–water partition coefficient (Wildman–Crippen LogP) is 2.34. The average molecular weight is 343 g/mol. The van der Waals surface area contributed by atoms with E-state index < -0.39 is 10.0 Å². The van der Waals surface area contributed by atoms with E-state index in [1.165, 1.54) is 4.31 Å². The lowest BCUT2D eigenvalue weighted by molar-refractivity contribution is 0.0729. The van der Waals surface area contributed by atoms with Gasteiger partial charge in [0.25, 0.3) is 0 Å². The second-order valence-corrected chi connectivity index (χ2v) is 7.84. The monoisotopic (exact) mass is 343 g/mol. The van der Waals surface area contributed by atoms with E-state index in [-0.39, 0.29) is 6.23 Å². The highest BCUT2D eigenvalue weighted by atomic mass is 32.2. The second-order valence-electron chi connectivity index (χ2n) is 5.93. The van der Waals surface area contributed by atoms with Crippen molar-refractivity contribution in [1.29, 1.82) is 0 Å². The number of hydrogen-bond donors (Lipinski definition) is 1. The van der Waals surface area contributed by atoms with E-state index in [2.05, 4.69) is 10.5 Å². The minimum atomic E-state index is -3.40. The fourth-order valence-electron chi connectivity index (χ4n) is 2.96. The van der Waals surface area contributed by atoms with Crippen LogP contribution in [0.15, 0.2) is 58.6 Å². The van der Waals surface area contributed by atoms with Gasteiger partial charge in [0.1, 0.15) is 5.84 Å². The molecule has 6 nitrogen and oxygen atoms in total. The van der Waals surface area contributed by atoms with Crippen molar-refractivity contribution in [2.45, 2.75) is 31.1 Å². The molecule has 1 atom stereocenters. The van der Waals surface area contributed by atoms with Crippen LogP contribution in [-0.4, -0.2) is 18.6 Å². The van der Waals surface area contributed by atoms with Gasteiger partial charge in [-0.2, -0.15) is 4.31 Å². The summed E-state index contributed by atoms with van der Waals surface area (Å²) in [7, 11) is -3.40. The van der Waals surface area contributed by atoms with E-state index in [1.807, 2.05) is 43.3 Å². The molecule has 24 heavy (non-hydrogen) atoms. The van der Waals surface area contributed by atoms with Crippen molar-refractivity contribution in [2.75, 3.05) is 0 Å². The number of oxime groups is 1. The van der Waals surface area contributed by atoms with Crippen LogP contribution in [0, 0.1) is 0 Å². The zero-order chi connectivity index (χ0) is 16.7. The Morgan fingerprint density at radius 3 is 2.62 bits per heavy atom. The number of rotatable bonds is 3. The molecule has 2 heterocycles. The van der Waals surface area contributed by atoms with Gasteiger partial charge in [-0.3, -0.25) is 0 Å². The molecular weight excluding hydrogens is 326 g/mol. The summed E-state index contributed by atoms with van der Waals surface area (Å²) in [5.41, 5.74) is 2.74. The van der Waals surface area contributed by atoms with Crippen LogP contribution in [0.2, 0.25) is 0 Å². The van der Waals surface area contributed by atoms with Crippen molar-refractivity contribution in [3.05, 3.63) is 65.2 Å². The Morgan fingerprint density at radius 1 is 1.21 bits per heavy atom. The van der Waals surface area contributed by atoms with E-state index >= 15 is 0 Å². The highest BCUT2D eigenvalue weighted by Crippen LogP contribution is 2.31. The molecular formula is C17H17N3O3S. The standard InChI is InChI=1S/C17H17N3O3S/c1-12-18-17(23-19-12)14-8-6-13(7-9-14)10-20-11-15-4-2-3-5-16(15)24(20,21)22/h2-9,17H,10-11H2,1H3,(H,18,19). The van der Waals surface area contributed by atoms with Crippen molar-refractivity contribution in [3.63, 3.8) is 0 Å². The van der Waals surface area contributed by atoms with Gasteiger partial charge in [-0.25, -0.2) is 8.42 Å². The maximum absolute atomic E-state index is 12.6. The summed E-state index contributed by atoms with van der Waals surface area (Å²) in [6.45, 7) is 2.61. The zero-order valence-corrected chi connectivity index (χ0v) is 14.0. The third-order valence-electron chi connectivity index (χ3n) is 4.21. The molecule has 0 radical (unpaired) electrons. The molecule has 2 aliphatic rings. The molecule has 0 fully saturated rings. The largest absolute Gasteiger partial charge is 0.364 e. The van der Waals surface area contributed by atoms with Crippen molar-refractivity contribution in [2.24, 2.45) is 5.16 Å². The SMILES string of the molecule is CC1=NOC(c2ccc(CN3Cc4ccccc4S3(=O)=O)cc2)N1. The van der Waals surface area contributed by atoms with Crippen LogP contribution >= 0.6 is 0 Å². The van der Waals surface area contributed by atoms with E-state index in [0.717, 1.165) is 22.5 Å². The summed E-state index contributed by atoms with van der Waals surface area (Å²) < 4.78 is 26.7. The number of nitrogens with zero attached hydrogens (tertiary/aromatic N) is 2. The Balaban J connectivity index is 1.51. The molecule has 124 valence electrons. The molecule has 2 aliphatic heterocycles. The summed E-state index contributed by atoms with van der Waals surface area (Å²) in [6.07, 6.45) is -0.279. The number of benzene rings is 2. The molecule has 4 rings (SSSR count). The van der Waals surface area contributed by atoms with Crippen LogP contribution in [0.1, 0.15) is 29.8 Å². The van der Waals surface area contributed by atoms with Crippen molar-refractivity contribution >= 4 is 15.9 Å². The maximum Gasteiger partial charge on any atom is 0.244 e. The first-order chi connectivity index (χ1) is 11.5. The molecule has 0 spiro atoms. The fraction of sp³-hybridized carbons (Fsp3) is 0.235. The average Bonchev–Trinajstić information content (AvgIpc) is 3.11. The third kappa shape index (κ3) is 2.55. The quantitative estimate of drug-likeness (QED) is 0.929. The fourth-order valence-corrected chi connectivity index (χ4v) is 4.58. The Bertz CT molecular complexity index is 907. The van der Waals surface area contributed by atoms with Gasteiger partial charge >= 0.3 is 0 Å². The summed E-state index contributed by atoms with van der Waals surface area (Å²) in [5, 5.41) is 6.97. The highest BCUT2D eigenvalue weighted by Gasteiger charge is 2.34. The summed E-state index contributed by atoms with van der Waals surface area (Å²) >= 11 is 0. The van der Waals surface area contributed by atoms with Gasteiger partial charge in [-0.1, -0.05) is 47.6 Å². The number of nitrogens with one attached hydrogen (secondary N) is 1. The molecule has 1 N–H and O–H groups in total. The van der Waals surface area contributed by atoms with E-state index in [4.69, 9.17) is 4.84 Å². The van der Waals surface area contributed by atoms with Crippen molar-refractivity contribution in [3.8, 4) is 0 Å². The molecule has 2 aromatic rings. The van der Waals surface area contributed by atoms with Gasteiger partial charge in [0.2, 0.25) is 16.3 Å². The van der Waals surface area contributed by atoms with Gasteiger partial charge < -0.3 is 10.2 Å². The van der Waals surface area contributed by atoms with Crippen LogP contribution in [-0.2, 0) is 28.0 Å². The highest BCUT2D eigenvalue weighted by molar-refractivity contribution is 7.89. The van der Waals surface area contributed by atoms with Crippen LogP contribution in [0.25, 0.3) is 0 Å². The summed E-state index contributed by atoms with van der Waals surface area (Å²) in [4.78, 5) is 5.69. The predicted molar refractivity (Wildman–Crippen MR) is 89.4 cm³/mol. The first kappa shape index (κ1) is 15.2. The molecule has 1 unspecified atom stereocenters. The lowest BCUT2D eigenvalue weighted by Gasteiger charge is -2.15. The lowest BCUT2D eigenvalue weighted by atomic mass is 10.1. The van der Waals surface area contributed by atoms with Crippen molar-refractivity contribution in [1.82, 2.24) is 9.62 Å². The van der Waals surface area contributed by atoms with Gasteiger partial charge in [0.05, 0.1) is 4.90 Å². The molecule has 7 heteroatoms. The van der Waals surface area contributed by atoms with E-state index in [9.17, 15) is 8.42 Å². The summed E-state index contributed by atoms with van der Waals surface area (Å²) in [6, 6.07) is 14.9. The second kappa shape index (κ2) is 5.61. The molecule has 0 amide bonds. The maximum atomic E-state index is 12.6. The number of hydrogen-bond acceptors (Lipinski definition) is 5. The van der Waals surface area contributed by atoms with Gasteiger partial charge in [0.15, 0.2) is 0 Å². The van der Waals surface area contributed by atoms with Gasteiger partial charge in [0, 0.05) is 18.7 Å². The lowest BCUT2D eigenvalue weighted by Crippen LogP contribution is -2.24. The minimum Gasteiger partial charge on any atom is -0.364 e. The normalized spacial score (nSPS) is 21.7. The molecule has 0 aromatic heterocycles. The van der Waals surface area contributed by atoms with Gasteiger partial charge in [-0.15, -0.1) is 0 Å². The first-order valence-corrected chi connectivity index (χ1v) is 9.12. The molecule has 0 bridgehead atoms. The minimum absolute atomic E-state index is 0.279. The smallest absolute Gasteiger partial charge is 0.244 e. The van der Waals surface area contributed by atoms with Crippen LogP contribution in [0.4, 0.5) is 0 Å². The molecule has 0 saturated heterocycles. The summed E-state index contributed by atoms with van der Waals surface area (Å²) in [5.74, 6) is 0.741. The van der Waals surface area contributed by atoms with Crippen LogP contribution < -0.4 is 5.32 Å². The zero-order valence-electron chi connectivity index (χ0n) is 13.1. The number of fused-ring (bicyclic) bond motifs is 1. The van der Waals surface area contributed by atoms with Gasteiger partial charge in [-0.05, 0) is 24.1 Å². The molecule has 2 aromatic carbocycles. The van der Waals surface area contributed by atoms with Crippen LogP contribution in [0.3, 0.4) is 0 Å². The Hall–Kier alpha value is -2.38. The Labute approximate surface area is 140 Å². The van der Waals surface area contributed by atoms with E-state index in [1.54, 1.807) is 12.1 Å².